The molecule has 7 aromatic rings. The van der Waals surface area contributed by atoms with Gasteiger partial charge in [0.25, 0.3) is 0 Å². The summed E-state index contributed by atoms with van der Waals surface area (Å²) in [6.07, 6.45) is 0. The van der Waals surface area contributed by atoms with Crippen LogP contribution in [0.4, 0.5) is 0 Å². The third kappa shape index (κ3) is 3.93. The molecule has 0 N–H and O–H groups in total. The molecule has 38 heavy (non-hydrogen) atoms. The predicted molar refractivity (Wildman–Crippen MR) is 159 cm³/mol. The van der Waals surface area contributed by atoms with E-state index in [2.05, 4.69) is 121 Å². The number of nitrogens with zero attached hydrogens (tertiary/aromatic N) is 2. The van der Waals surface area contributed by atoms with Crippen LogP contribution in [-0.4, -0.2) is 9.97 Å². The van der Waals surface area contributed by atoms with E-state index in [4.69, 9.17) is 9.97 Å². The van der Waals surface area contributed by atoms with Gasteiger partial charge in [-0.25, -0.2) is 9.97 Å². The van der Waals surface area contributed by atoms with Crippen LogP contribution in [0, 0.1) is 0 Å². The highest BCUT2D eigenvalue weighted by Crippen LogP contribution is 2.38. The Morgan fingerprint density at radius 2 is 0.632 bits per heavy atom. The highest BCUT2D eigenvalue weighted by molar-refractivity contribution is 6.08. The molecule has 0 saturated carbocycles. The van der Waals surface area contributed by atoms with Crippen molar-refractivity contribution in [1.82, 2.24) is 9.97 Å². The Bertz CT molecular complexity index is 1740. The van der Waals surface area contributed by atoms with Gasteiger partial charge in [0, 0.05) is 33.0 Å². The summed E-state index contributed by atoms with van der Waals surface area (Å²) in [6.45, 7) is 0. The molecule has 0 amide bonds. The van der Waals surface area contributed by atoms with E-state index in [9.17, 15) is 0 Å². The van der Waals surface area contributed by atoms with Crippen molar-refractivity contribution in [2.24, 2.45) is 0 Å². The van der Waals surface area contributed by atoms with Crippen LogP contribution < -0.4 is 0 Å². The Morgan fingerprint density at radius 1 is 0.316 bits per heavy atom. The minimum atomic E-state index is 0.915. The van der Waals surface area contributed by atoms with Gasteiger partial charge in [0.15, 0.2) is 0 Å². The molecule has 0 aliphatic heterocycles. The molecular formula is C36H24N2. The van der Waals surface area contributed by atoms with E-state index >= 15 is 0 Å². The van der Waals surface area contributed by atoms with Crippen molar-refractivity contribution < 1.29 is 0 Å². The molecule has 0 radical (unpaired) electrons. The first kappa shape index (κ1) is 22.1. The second kappa shape index (κ2) is 9.42. The number of fused-ring (bicyclic) bond motifs is 3. The summed E-state index contributed by atoms with van der Waals surface area (Å²) in [5, 5.41) is 2.16. The van der Waals surface area contributed by atoms with Gasteiger partial charge in [-0.2, -0.15) is 0 Å². The lowest BCUT2D eigenvalue weighted by atomic mass is 9.95. The van der Waals surface area contributed by atoms with Crippen LogP contribution in [-0.2, 0) is 0 Å². The molecular weight excluding hydrogens is 460 g/mol. The van der Waals surface area contributed by atoms with Crippen LogP contribution in [0.25, 0.3) is 66.6 Å². The fourth-order valence-electron chi connectivity index (χ4n) is 5.18. The quantitative estimate of drug-likeness (QED) is 0.233. The Labute approximate surface area is 221 Å². The van der Waals surface area contributed by atoms with E-state index in [1.807, 2.05) is 24.3 Å². The molecule has 2 heterocycles. The zero-order valence-corrected chi connectivity index (χ0v) is 20.8. The van der Waals surface area contributed by atoms with E-state index in [-0.39, 0.29) is 0 Å². The number of pyridine rings is 2. The predicted octanol–water partition coefficient (Wildman–Crippen LogP) is 9.45. The molecule has 5 aromatic carbocycles. The van der Waals surface area contributed by atoms with Crippen LogP contribution in [0.3, 0.4) is 0 Å². The van der Waals surface area contributed by atoms with E-state index in [0.29, 0.717) is 0 Å². The summed E-state index contributed by atoms with van der Waals surface area (Å²) in [4.78, 5) is 10.6. The first-order chi connectivity index (χ1) is 18.8. The third-order valence-electron chi connectivity index (χ3n) is 7.03. The summed E-state index contributed by atoms with van der Waals surface area (Å²) in [5.41, 5.74) is 10.5. The molecule has 0 bridgehead atoms. The van der Waals surface area contributed by atoms with Crippen molar-refractivity contribution in [2.45, 2.75) is 0 Å². The molecule has 2 aromatic heterocycles. The molecule has 0 unspecified atom stereocenters. The third-order valence-corrected chi connectivity index (χ3v) is 7.03. The van der Waals surface area contributed by atoms with Crippen molar-refractivity contribution >= 4 is 21.8 Å². The fourth-order valence-corrected chi connectivity index (χ4v) is 5.18. The Morgan fingerprint density at radius 3 is 0.974 bits per heavy atom. The fraction of sp³-hybridized carbons (Fsp3) is 0. The molecule has 0 aliphatic carbocycles. The van der Waals surface area contributed by atoms with E-state index in [1.54, 1.807) is 0 Å². The van der Waals surface area contributed by atoms with Gasteiger partial charge in [-0.05, 0) is 23.3 Å². The normalized spacial score (nSPS) is 11.2. The molecule has 2 nitrogen and oxygen atoms in total. The van der Waals surface area contributed by atoms with Gasteiger partial charge < -0.3 is 0 Å². The number of hydrogen-bond donors (Lipinski definition) is 0. The molecule has 0 spiro atoms. The summed E-state index contributed by atoms with van der Waals surface area (Å²) in [5.74, 6) is 0. The molecule has 0 saturated heterocycles. The maximum absolute atomic E-state index is 5.32. The minimum Gasteiger partial charge on any atom is -0.245 e. The first-order valence-electron chi connectivity index (χ1n) is 12.9. The summed E-state index contributed by atoms with van der Waals surface area (Å²) < 4.78 is 0. The van der Waals surface area contributed by atoms with Gasteiger partial charge in [-0.15, -0.1) is 0 Å². The Hall–Kier alpha value is -5.08. The van der Waals surface area contributed by atoms with Crippen LogP contribution in [0.2, 0.25) is 0 Å². The van der Waals surface area contributed by atoms with Crippen molar-refractivity contribution in [1.29, 1.82) is 0 Å². The second-order valence-corrected chi connectivity index (χ2v) is 9.44. The minimum absolute atomic E-state index is 0.915. The maximum atomic E-state index is 5.32. The van der Waals surface area contributed by atoms with Gasteiger partial charge in [0.1, 0.15) is 0 Å². The van der Waals surface area contributed by atoms with Gasteiger partial charge in [0.2, 0.25) is 0 Å². The summed E-state index contributed by atoms with van der Waals surface area (Å²) >= 11 is 0. The smallest absolute Gasteiger partial charge is 0.0972 e. The van der Waals surface area contributed by atoms with Gasteiger partial charge >= 0.3 is 0 Å². The van der Waals surface area contributed by atoms with Crippen molar-refractivity contribution in [3.8, 4) is 44.8 Å². The average molecular weight is 485 g/mol. The number of aromatic nitrogens is 2. The Balaban J connectivity index is 1.56. The van der Waals surface area contributed by atoms with Crippen LogP contribution >= 0.6 is 0 Å². The SMILES string of the molecule is c1ccc(-c2cc3ccc4cc(-c5ccccc5)c(-c5ccccc5)nc4c3nc2-c2ccccc2)cc1. The van der Waals surface area contributed by atoms with E-state index in [0.717, 1.165) is 66.6 Å². The van der Waals surface area contributed by atoms with Crippen LogP contribution in [0.1, 0.15) is 0 Å². The highest BCUT2D eigenvalue weighted by Gasteiger charge is 2.16. The van der Waals surface area contributed by atoms with Gasteiger partial charge in [-0.1, -0.05) is 133 Å². The number of rotatable bonds is 4. The molecule has 0 atom stereocenters. The zero-order chi connectivity index (χ0) is 25.3. The lowest BCUT2D eigenvalue weighted by Crippen LogP contribution is -1.96. The lowest BCUT2D eigenvalue weighted by Gasteiger charge is -2.15. The molecule has 0 fully saturated rings. The van der Waals surface area contributed by atoms with Gasteiger partial charge in [-0.3, -0.25) is 0 Å². The van der Waals surface area contributed by atoms with Crippen molar-refractivity contribution in [3.63, 3.8) is 0 Å². The number of hydrogen-bond acceptors (Lipinski definition) is 2. The topological polar surface area (TPSA) is 25.8 Å². The van der Waals surface area contributed by atoms with Gasteiger partial charge in [0.05, 0.1) is 22.4 Å². The van der Waals surface area contributed by atoms with Crippen molar-refractivity contribution in [3.05, 3.63) is 146 Å². The lowest BCUT2D eigenvalue weighted by molar-refractivity contribution is 1.36. The Kier molecular flexibility index (Phi) is 5.49. The maximum Gasteiger partial charge on any atom is 0.0972 e. The average Bonchev–Trinajstić information content (AvgIpc) is 3.01. The molecule has 0 aliphatic rings. The number of benzene rings is 5. The molecule has 7 rings (SSSR count). The molecule has 178 valence electrons. The van der Waals surface area contributed by atoms with Crippen molar-refractivity contribution in [2.75, 3.05) is 0 Å². The van der Waals surface area contributed by atoms with Crippen LogP contribution in [0.5, 0.6) is 0 Å². The standard InChI is InChI=1S/C36H24N2/c1-5-13-25(14-6-1)31-23-29-21-22-30-24-32(26-15-7-2-8-16-26)34(28-19-11-4-12-20-28)38-36(30)35(29)37-33(31)27-17-9-3-10-18-27/h1-24H. The molecule has 2 heteroatoms. The summed E-state index contributed by atoms with van der Waals surface area (Å²) in [6, 6.07) is 50.7. The van der Waals surface area contributed by atoms with E-state index in [1.165, 1.54) is 0 Å². The van der Waals surface area contributed by atoms with E-state index < -0.39 is 0 Å². The second-order valence-electron chi connectivity index (χ2n) is 9.44. The monoisotopic (exact) mass is 484 g/mol. The zero-order valence-electron chi connectivity index (χ0n) is 20.8. The highest BCUT2D eigenvalue weighted by atomic mass is 14.8. The first-order valence-corrected chi connectivity index (χ1v) is 12.9. The van der Waals surface area contributed by atoms with Crippen LogP contribution in [0.15, 0.2) is 146 Å². The largest absolute Gasteiger partial charge is 0.245 e. The summed E-state index contributed by atoms with van der Waals surface area (Å²) in [7, 11) is 0.